The van der Waals surface area contributed by atoms with Crippen LogP contribution in [0.2, 0.25) is 0 Å². The maximum absolute atomic E-state index is 12.7. The highest BCUT2D eigenvalue weighted by atomic mass is 16.5. The van der Waals surface area contributed by atoms with E-state index in [0.29, 0.717) is 24.2 Å². The summed E-state index contributed by atoms with van der Waals surface area (Å²) in [6.07, 6.45) is 5.18. The summed E-state index contributed by atoms with van der Waals surface area (Å²) in [7, 11) is 2.99. The molecule has 6 heteroatoms. The molecule has 1 amide bonds. The fourth-order valence-corrected chi connectivity index (χ4v) is 4.32. The van der Waals surface area contributed by atoms with Gasteiger partial charge in [0.1, 0.15) is 0 Å². The minimum absolute atomic E-state index is 0.0381. The molecule has 0 radical (unpaired) electrons. The van der Waals surface area contributed by atoms with Crippen molar-refractivity contribution >= 4 is 17.6 Å². The third-order valence-corrected chi connectivity index (χ3v) is 5.96. The Morgan fingerprint density at radius 1 is 1.03 bits per heavy atom. The van der Waals surface area contributed by atoms with Gasteiger partial charge in [0, 0.05) is 24.6 Å². The zero-order chi connectivity index (χ0) is 21.1. The second-order valence-corrected chi connectivity index (χ2v) is 7.88. The van der Waals surface area contributed by atoms with Crippen LogP contribution in [0.1, 0.15) is 53.9 Å². The van der Waals surface area contributed by atoms with Crippen molar-refractivity contribution in [1.82, 2.24) is 0 Å². The Balaban J connectivity index is 1.54. The zero-order valence-corrected chi connectivity index (χ0v) is 17.4. The van der Waals surface area contributed by atoms with Crippen molar-refractivity contribution < 1.29 is 23.8 Å². The molecule has 1 saturated heterocycles. The van der Waals surface area contributed by atoms with Crippen molar-refractivity contribution in [3.63, 3.8) is 0 Å². The van der Waals surface area contributed by atoms with E-state index in [0.717, 1.165) is 29.9 Å². The molecule has 2 aromatic carbocycles. The normalized spacial score (nSPS) is 19.2. The van der Waals surface area contributed by atoms with E-state index in [1.807, 2.05) is 24.3 Å². The van der Waals surface area contributed by atoms with Crippen LogP contribution >= 0.6 is 0 Å². The van der Waals surface area contributed by atoms with E-state index in [9.17, 15) is 9.59 Å². The van der Waals surface area contributed by atoms with Crippen molar-refractivity contribution in [2.75, 3.05) is 25.7 Å². The summed E-state index contributed by atoms with van der Waals surface area (Å²) in [6.45, 7) is 0.554. The number of ether oxygens (including phenoxy) is 3. The van der Waals surface area contributed by atoms with Gasteiger partial charge in [-0.15, -0.1) is 0 Å². The van der Waals surface area contributed by atoms with Crippen LogP contribution in [-0.4, -0.2) is 38.7 Å². The first-order valence-electron chi connectivity index (χ1n) is 10.4. The summed E-state index contributed by atoms with van der Waals surface area (Å²) in [6, 6.07) is 12.9. The summed E-state index contributed by atoms with van der Waals surface area (Å²) in [5.41, 5.74) is 2.20. The van der Waals surface area contributed by atoms with Gasteiger partial charge in [-0.1, -0.05) is 12.1 Å². The van der Waals surface area contributed by atoms with Gasteiger partial charge in [-0.25, -0.2) is 4.79 Å². The number of rotatable bonds is 6. The van der Waals surface area contributed by atoms with Crippen LogP contribution in [0.4, 0.5) is 5.69 Å². The van der Waals surface area contributed by atoms with Crippen LogP contribution in [-0.2, 0) is 9.53 Å². The largest absolute Gasteiger partial charge is 0.493 e. The van der Waals surface area contributed by atoms with E-state index < -0.39 is 5.97 Å². The SMILES string of the molecule is COC(=O)c1cccc(N2C[C@@H](c3ccc(OC)c(OC4CCCC4)c3)CC2=O)c1. The quantitative estimate of drug-likeness (QED) is 0.665. The van der Waals surface area contributed by atoms with E-state index in [1.165, 1.54) is 20.0 Å². The maximum Gasteiger partial charge on any atom is 0.337 e. The lowest BCUT2D eigenvalue weighted by Gasteiger charge is -2.19. The number of carbonyl (C=O) groups is 2. The third kappa shape index (κ3) is 4.13. The Hall–Kier alpha value is -3.02. The van der Waals surface area contributed by atoms with E-state index in [1.54, 1.807) is 30.2 Å². The second kappa shape index (κ2) is 8.78. The van der Waals surface area contributed by atoms with Crippen molar-refractivity contribution in [3.8, 4) is 11.5 Å². The average molecular weight is 409 g/mol. The Labute approximate surface area is 176 Å². The number of methoxy groups -OCH3 is 2. The summed E-state index contributed by atoms with van der Waals surface area (Å²) in [5.74, 6) is 1.15. The molecule has 1 heterocycles. The van der Waals surface area contributed by atoms with E-state index in [-0.39, 0.29) is 17.9 Å². The van der Waals surface area contributed by atoms with Crippen LogP contribution in [0.15, 0.2) is 42.5 Å². The number of amides is 1. The van der Waals surface area contributed by atoms with Crippen molar-refractivity contribution in [1.29, 1.82) is 0 Å². The highest BCUT2D eigenvalue weighted by molar-refractivity contribution is 5.98. The van der Waals surface area contributed by atoms with Gasteiger partial charge in [-0.3, -0.25) is 4.79 Å². The highest BCUT2D eigenvalue weighted by Gasteiger charge is 2.32. The number of carbonyl (C=O) groups excluding carboxylic acids is 2. The Kier molecular flexibility index (Phi) is 5.93. The van der Waals surface area contributed by atoms with Crippen LogP contribution in [0.3, 0.4) is 0 Å². The molecule has 158 valence electrons. The molecule has 1 aliphatic heterocycles. The van der Waals surface area contributed by atoms with Crippen molar-refractivity contribution in [2.45, 2.75) is 44.1 Å². The number of esters is 1. The molecule has 0 unspecified atom stereocenters. The second-order valence-electron chi connectivity index (χ2n) is 7.88. The first-order chi connectivity index (χ1) is 14.6. The molecule has 2 aromatic rings. The monoisotopic (exact) mass is 409 g/mol. The van der Waals surface area contributed by atoms with Crippen molar-refractivity contribution in [3.05, 3.63) is 53.6 Å². The molecular weight excluding hydrogens is 382 g/mol. The summed E-state index contributed by atoms with van der Waals surface area (Å²) in [5, 5.41) is 0. The molecule has 2 fully saturated rings. The molecule has 6 nitrogen and oxygen atoms in total. The van der Waals surface area contributed by atoms with Gasteiger partial charge >= 0.3 is 5.97 Å². The molecule has 2 aliphatic rings. The minimum Gasteiger partial charge on any atom is -0.493 e. The number of nitrogens with zero attached hydrogens (tertiary/aromatic N) is 1. The van der Waals surface area contributed by atoms with Crippen LogP contribution in [0.5, 0.6) is 11.5 Å². The summed E-state index contributed by atoms with van der Waals surface area (Å²) >= 11 is 0. The van der Waals surface area contributed by atoms with Gasteiger partial charge in [0.25, 0.3) is 0 Å². The predicted molar refractivity (Wildman–Crippen MR) is 113 cm³/mol. The molecule has 1 saturated carbocycles. The van der Waals surface area contributed by atoms with Crippen LogP contribution in [0.25, 0.3) is 0 Å². The molecule has 0 bridgehead atoms. The molecular formula is C24H27NO5. The number of hydrogen-bond acceptors (Lipinski definition) is 5. The molecule has 0 N–H and O–H groups in total. The summed E-state index contributed by atoms with van der Waals surface area (Å²) in [4.78, 5) is 26.3. The molecule has 4 rings (SSSR count). The van der Waals surface area contributed by atoms with Gasteiger partial charge in [0.05, 0.1) is 25.9 Å². The highest BCUT2D eigenvalue weighted by Crippen LogP contribution is 2.38. The van der Waals surface area contributed by atoms with E-state index >= 15 is 0 Å². The van der Waals surface area contributed by atoms with Gasteiger partial charge in [-0.2, -0.15) is 0 Å². The van der Waals surface area contributed by atoms with Crippen LogP contribution in [0, 0.1) is 0 Å². The lowest BCUT2D eigenvalue weighted by molar-refractivity contribution is -0.117. The summed E-state index contributed by atoms with van der Waals surface area (Å²) < 4.78 is 16.5. The number of benzene rings is 2. The number of hydrogen-bond donors (Lipinski definition) is 0. The van der Waals surface area contributed by atoms with Gasteiger partial charge in [0.15, 0.2) is 11.5 Å². The zero-order valence-electron chi connectivity index (χ0n) is 17.4. The lowest BCUT2D eigenvalue weighted by atomic mass is 9.98. The van der Waals surface area contributed by atoms with Gasteiger partial charge in [0.2, 0.25) is 5.91 Å². The van der Waals surface area contributed by atoms with Gasteiger partial charge < -0.3 is 19.1 Å². The standard InChI is InChI=1S/C24H27NO5/c1-28-21-11-10-16(13-22(21)30-20-8-3-4-9-20)18-14-23(26)25(15-18)19-7-5-6-17(12-19)24(27)29-2/h5-7,10-13,18,20H,3-4,8-9,14-15H2,1-2H3/t18-/m0/s1. The van der Waals surface area contributed by atoms with E-state index in [4.69, 9.17) is 14.2 Å². The minimum atomic E-state index is -0.413. The van der Waals surface area contributed by atoms with E-state index in [2.05, 4.69) is 0 Å². The molecule has 1 atom stereocenters. The van der Waals surface area contributed by atoms with Crippen molar-refractivity contribution in [2.24, 2.45) is 0 Å². The lowest BCUT2D eigenvalue weighted by Crippen LogP contribution is -2.24. The fourth-order valence-electron chi connectivity index (χ4n) is 4.32. The predicted octanol–water partition coefficient (Wildman–Crippen LogP) is 4.32. The maximum atomic E-state index is 12.7. The van der Waals surface area contributed by atoms with Crippen LogP contribution < -0.4 is 14.4 Å². The number of anilines is 1. The Bertz CT molecular complexity index is 935. The smallest absolute Gasteiger partial charge is 0.337 e. The Morgan fingerprint density at radius 3 is 2.57 bits per heavy atom. The Morgan fingerprint density at radius 2 is 1.83 bits per heavy atom. The topological polar surface area (TPSA) is 65.1 Å². The first kappa shape index (κ1) is 20.3. The average Bonchev–Trinajstić information content (AvgIpc) is 3.43. The van der Waals surface area contributed by atoms with Gasteiger partial charge in [-0.05, 0) is 61.6 Å². The molecule has 0 spiro atoms. The first-order valence-corrected chi connectivity index (χ1v) is 10.4. The molecule has 30 heavy (non-hydrogen) atoms. The third-order valence-electron chi connectivity index (χ3n) is 5.96. The molecule has 0 aromatic heterocycles. The fraction of sp³-hybridized carbons (Fsp3) is 0.417. The molecule has 1 aliphatic carbocycles.